The van der Waals surface area contributed by atoms with Gasteiger partial charge in [-0.05, 0) is 82.1 Å². The summed E-state index contributed by atoms with van der Waals surface area (Å²) in [6, 6.07) is -0.0766. The second-order valence-corrected chi connectivity index (χ2v) is 16.1. The minimum absolute atomic E-state index is 0.0225. The van der Waals surface area contributed by atoms with E-state index in [9.17, 15) is 73.9 Å². The van der Waals surface area contributed by atoms with Gasteiger partial charge in [0, 0.05) is 19.2 Å². The lowest BCUT2D eigenvalue weighted by Gasteiger charge is -2.29. The second kappa shape index (κ2) is 24.6. The van der Waals surface area contributed by atoms with Gasteiger partial charge in [-0.25, -0.2) is 4.79 Å². The molecule has 25 nitrogen and oxygen atoms in total. The van der Waals surface area contributed by atoms with Crippen LogP contribution in [-0.2, 0) is 44.8 Å². The summed E-state index contributed by atoms with van der Waals surface area (Å²) in [6.07, 6.45) is 0.0961. The molecule has 2 aromatic rings. The van der Waals surface area contributed by atoms with Crippen molar-refractivity contribution in [3.05, 3.63) is 68.3 Å². The summed E-state index contributed by atoms with van der Waals surface area (Å²) < 4.78 is 0. The molecule has 3 rings (SSSR count). The van der Waals surface area contributed by atoms with E-state index in [1.807, 2.05) is 0 Å². The van der Waals surface area contributed by atoms with Crippen molar-refractivity contribution in [1.82, 2.24) is 31.5 Å². The number of rotatable bonds is 25. The van der Waals surface area contributed by atoms with Crippen LogP contribution in [0.3, 0.4) is 0 Å². The number of unbranched alkanes of at least 4 members (excludes halogenated alkanes) is 1. The minimum Gasteiger partial charge on any atom is -0.508 e. The number of benzene rings is 2. The van der Waals surface area contributed by atoms with Crippen LogP contribution in [0.25, 0.3) is 0 Å². The summed E-state index contributed by atoms with van der Waals surface area (Å²) in [5.41, 5.74) is 5.74. The molecular formula is C41H56N10O15. The number of phenolic OH excluding ortho intramolecular Hbond substituents is 1. The number of aromatic hydroxyl groups is 1. The molecule has 11 N–H and O–H groups in total. The Morgan fingerprint density at radius 3 is 2.03 bits per heavy atom. The van der Waals surface area contributed by atoms with Crippen molar-refractivity contribution >= 4 is 64.4 Å². The van der Waals surface area contributed by atoms with Gasteiger partial charge in [0.1, 0.15) is 47.7 Å². The Morgan fingerprint density at radius 2 is 1.44 bits per heavy atom. The number of hydrogen-bond acceptors (Lipinski definition) is 15. The predicted molar refractivity (Wildman–Crippen MR) is 232 cm³/mol. The van der Waals surface area contributed by atoms with Gasteiger partial charge >= 0.3 is 11.9 Å². The molecule has 66 heavy (non-hydrogen) atoms. The average Bonchev–Trinajstić information content (AvgIpc) is 3.75. The van der Waals surface area contributed by atoms with Crippen LogP contribution in [0.5, 0.6) is 5.75 Å². The molecule has 6 amide bonds. The Bertz CT molecular complexity index is 2140. The van der Waals surface area contributed by atoms with Crippen LogP contribution in [0, 0.1) is 26.1 Å². The summed E-state index contributed by atoms with van der Waals surface area (Å²) in [4.78, 5) is 125. The number of aliphatic carboxylic acids is 2. The maximum absolute atomic E-state index is 13.6. The molecule has 2 aromatic carbocycles. The number of phenols is 1. The van der Waals surface area contributed by atoms with Gasteiger partial charge in [0.25, 0.3) is 11.4 Å². The third-order valence-corrected chi connectivity index (χ3v) is 10.5. The van der Waals surface area contributed by atoms with E-state index in [1.165, 1.54) is 32.0 Å². The maximum Gasteiger partial charge on any atom is 0.326 e. The zero-order valence-corrected chi connectivity index (χ0v) is 36.7. The van der Waals surface area contributed by atoms with Crippen molar-refractivity contribution in [2.45, 2.75) is 115 Å². The topological polar surface area (TPSA) is 385 Å². The van der Waals surface area contributed by atoms with Gasteiger partial charge in [-0.2, -0.15) is 0 Å². The van der Waals surface area contributed by atoms with E-state index in [1.54, 1.807) is 26.0 Å². The molecule has 7 atom stereocenters. The van der Waals surface area contributed by atoms with Gasteiger partial charge in [0.05, 0.1) is 28.4 Å². The van der Waals surface area contributed by atoms with Crippen LogP contribution in [0.4, 0.5) is 17.1 Å². The highest BCUT2D eigenvalue weighted by Gasteiger charge is 2.39. The fraction of sp³-hybridized carbons (Fsp3) is 0.512. The zero-order valence-electron chi connectivity index (χ0n) is 36.7. The zero-order chi connectivity index (χ0) is 49.4. The lowest BCUT2D eigenvalue weighted by molar-refractivity contribution is -0.393. The minimum atomic E-state index is -1.74. The Kier molecular flexibility index (Phi) is 19.7. The summed E-state index contributed by atoms with van der Waals surface area (Å²) in [5.74, 6) is -8.36. The van der Waals surface area contributed by atoms with E-state index in [-0.39, 0.29) is 56.6 Å². The number of non-ortho nitro benzene ring substituents is 1. The number of amides is 6. The van der Waals surface area contributed by atoms with Crippen LogP contribution in [0.2, 0.25) is 0 Å². The van der Waals surface area contributed by atoms with Crippen molar-refractivity contribution < 1.29 is 63.5 Å². The van der Waals surface area contributed by atoms with Gasteiger partial charge in [-0.1, -0.05) is 26.0 Å². The molecule has 1 saturated heterocycles. The largest absolute Gasteiger partial charge is 0.508 e. The number of nitrogens with zero attached hydrogens (tertiary/aromatic N) is 3. The standard InChI is InChI=1S/C41H56N10O15/c1-21(2)34(48-36(56)27(42)18-24-10-13-26(52)14-11-24)39(59)44-22(3)35(55)47-30(20-33(53)54)37(57)45-23(4)40(60)49-17-7-9-31(49)38(58)46-29(41(61)62)8-5-6-16-43-28-15-12-25(50(63)64)19-32(28)51(65)66/h10-15,19,21-23,27,29-31,34,43,52H,5-9,16-18,20,42H2,1-4H3,(H,44,59)(H,45,57)(H,46,58)(H,47,55)(H,48,56)(H,53,54)(H,61,62)/t22-,23-,27-,29-,30-,31-,34-/m0/s1. The summed E-state index contributed by atoms with van der Waals surface area (Å²) in [6.45, 7) is 5.99. The highest BCUT2D eigenvalue weighted by molar-refractivity contribution is 5.98. The van der Waals surface area contributed by atoms with Crippen LogP contribution in [-0.4, -0.2) is 133 Å². The lowest BCUT2D eigenvalue weighted by Crippen LogP contribution is -2.59. The predicted octanol–water partition coefficient (Wildman–Crippen LogP) is 0.0309. The number of anilines is 1. The first-order chi connectivity index (χ1) is 31.0. The number of nitro groups is 2. The molecule has 0 aliphatic carbocycles. The molecule has 360 valence electrons. The van der Waals surface area contributed by atoms with Gasteiger partial charge in [-0.15, -0.1) is 0 Å². The monoisotopic (exact) mass is 928 g/mol. The third kappa shape index (κ3) is 15.7. The smallest absolute Gasteiger partial charge is 0.326 e. The molecule has 0 radical (unpaired) electrons. The fourth-order valence-corrected chi connectivity index (χ4v) is 6.91. The molecule has 1 heterocycles. The average molecular weight is 929 g/mol. The summed E-state index contributed by atoms with van der Waals surface area (Å²) in [7, 11) is 0. The van der Waals surface area contributed by atoms with Gasteiger partial charge in [0.15, 0.2) is 0 Å². The first kappa shape index (κ1) is 52.9. The second-order valence-electron chi connectivity index (χ2n) is 16.1. The molecule has 0 spiro atoms. The summed E-state index contributed by atoms with van der Waals surface area (Å²) >= 11 is 0. The van der Waals surface area contributed by atoms with Gasteiger partial charge in [0.2, 0.25) is 35.4 Å². The number of likely N-dealkylation sites (tertiary alicyclic amines) is 1. The molecule has 1 fully saturated rings. The van der Waals surface area contributed by atoms with Crippen molar-refractivity contribution in [2.75, 3.05) is 18.4 Å². The Hall–Kier alpha value is -7.44. The van der Waals surface area contributed by atoms with Crippen molar-refractivity contribution in [3.8, 4) is 5.75 Å². The number of nitrogens with one attached hydrogen (secondary N) is 6. The SMILES string of the molecule is CC(C)[C@H](NC(=O)[C@@H](N)Cc1ccc(O)cc1)C(=O)N[C@@H](C)C(=O)N[C@@H](CC(=O)O)C(=O)N[C@@H](C)C(=O)N1CCC[C@H]1C(=O)N[C@@H](CCCCNc1ccc([N+](=O)[O-])cc1[N+](=O)[O-])C(=O)O. The molecule has 1 aliphatic rings. The van der Waals surface area contributed by atoms with Crippen molar-refractivity contribution in [2.24, 2.45) is 11.7 Å². The highest BCUT2D eigenvalue weighted by Crippen LogP contribution is 2.29. The van der Waals surface area contributed by atoms with Gasteiger partial charge in [-0.3, -0.25) is 53.8 Å². The number of nitro benzene ring substituents is 2. The number of carboxylic acid groups (broad SMARTS) is 2. The van der Waals surface area contributed by atoms with E-state index in [2.05, 4.69) is 31.9 Å². The molecule has 0 aromatic heterocycles. The first-order valence-electron chi connectivity index (χ1n) is 21.0. The van der Waals surface area contributed by atoms with Gasteiger partial charge < -0.3 is 57.9 Å². The van der Waals surface area contributed by atoms with E-state index in [0.717, 1.165) is 17.0 Å². The van der Waals surface area contributed by atoms with Crippen LogP contribution < -0.4 is 37.6 Å². The van der Waals surface area contributed by atoms with Crippen LogP contribution >= 0.6 is 0 Å². The van der Waals surface area contributed by atoms with Crippen LogP contribution in [0.15, 0.2) is 42.5 Å². The Morgan fingerprint density at radius 1 is 0.788 bits per heavy atom. The van der Waals surface area contributed by atoms with E-state index < -0.39 is 123 Å². The highest BCUT2D eigenvalue weighted by atomic mass is 16.6. The van der Waals surface area contributed by atoms with E-state index in [0.29, 0.717) is 12.0 Å². The fourth-order valence-electron chi connectivity index (χ4n) is 6.91. The molecule has 1 aliphatic heterocycles. The molecule has 0 saturated carbocycles. The number of carbonyl (C=O) groups excluding carboxylic acids is 6. The molecule has 25 heteroatoms. The van der Waals surface area contributed by atoms with Crippen LogP contribution in [0.1, 0.15) is 71.8 Å². The Balaban J connectivity index is 1.55. The number of hydrogen-bond donors (Lipinski definition) is 10. The molecule has 0 bridgehead atoms. The van der Waals surface area contributed by atoms with Crippen molar-refractivity contribution in [3.63, 3.8) is 0 Å². The van der Waals surface area contributed by atoms with E-state index in [4.69, 9.17) is 5.73 Å². The third-order valence-electron chi connectivity index (χ3n) is 10.5. The quantitative estimate of drug-likeness (QED) is 0.0357. The molecule has 0 unspecified atom stereocenters. The van der Waals surface area contributed by atoms with E-state index >= 15 is 0 Å². The van der Waals surface area contributed by atoms with Crippen molar-refractivity contribution in [1.29, 1.82) is 0 Å². The number of carbonyl (C=O) groups is 8. The normalized spacial score (nSPS) is 16.0. The number of nitrogens with two attached hydrogens (primary N) is 1. The lowest BCUT2D eigenvalue weighted by atomic mass is 10.0. The maximum atomic E-state index is 13.6. The first-order valence-corrected chi connectivity index (χ1v) is 21.0. The Labute approximate surface area is 377 Å². The summed E-state index contributed by atoms with van der Waals surface area (Å²) in [5, 5.41) is 66.1. The molecular weight excluding hydrogens is 873 g/mol. The number of carboxylic acids is 2.